The highest BCUT2D eigenvalue weighted by Crippen LogP contribution is 2.35. The van der Waals surface area contributed by atoms with Gasteiger partial charge in [-0.15, -0.1) is 10.2 Å². The van der Waals surface area contributed by atoms with Crippen LogP contribution in [0.1, 0.15) is 24.5 Å². The van der Waals surface area contributed by atoms with Gasteiger partial charge in [0.15, 0.2) is 11.5 Å². The molecule has 0 amide bonds. The summed E-state index contributed by atoms with van der Waals surface area (Å²) in [7, 11) is 0. The Morgan fingerprint density at radius 1 is 0.625 bits per heavy atom. The van der Waals surface area contributed by atoms with E-state index >= 15 is 0 Å². The lowest BCUT2D eigenvalue weighted by Gasteiger charge is -2.11. The zero-order valence-electron chi connectivity index (χ0n) is 22.3. The lowest BCUT2D eigenvalue weighted by Crippen LogP contribution is -1.96. The molecule has 0 aliphatic rings. The van der Waals surface area contributed by atoms with Crippen molar-refractivity contribution >= 4 is 49.1 Å². The van der Waals surface area contributed by atoms with Crippen LogP contribution in [0.15, 0.2) is 109 Å². The Labute approximate surface area is 232 Å². The van der Waals surface area contributed by atoms with Gasteiger partial charge in [-0.1, -0.05) is 61.9 Å². The lowest BCUT2D eigenvalue weighted by molar-refractivity contribution is 0.923. The second-order valence-corrected chi connectivity index (χ2v) is 10.6. The largest absolute Gasteiger partial charge is 0.307 e. The number of hydrogen-bond acceptors (Lipinski definition) is 2. The van der Waals surface area contributed by atoms with Crippen LogP contribution >= 0.6 is 0 Å². The predicted molar refractivity (Wildman–Crippen MR) is 166 cm³/mol. The molecule has 0 radical (unpaired) electrons. The number of para-hydroxylation sites is 1. The van der Waals surface area contributed by atoms with E-state index in [1.54, 1.807) is 0 Å². The molecule has 0 unspecified atom stereocenters. The molecular weight excluding hydrogens is 488 g/mol. The number of pyridine rings is 1. The minimum atomic E-state index is 0.844. The van der Waals surface area contributed by atoms with Gasteiger partial charge in [-0.3, -0.25) is 4.40 Å². The Morgan fingerprint density at radius 2 is 1.32 bits per heavy atom. The van der Waals surface area contributed by atoms with Crippen molar-refractivity contribution in [3.05, 3.63) is 127 Å². The number of fused-ring (bicyclic) bond motifs is 9. The second kappa shape index (κ2) is 8.72. The van der Waals surface area contributed by atoms with Crippen LogP contribution in [0.25, 0.3) is 66.2 Å². The number of aryl methyl sites for hydroxylation is 1. The number of benzene rings is 5. The van der Waals surface area contributed by atoms with E-state index in [4.69, 9.17) is 5.10 Å². The minimum absolute atomic E-state index is 0.844. The van der Waals surface area contributed by atoms with Crippen LogP contribution in [-0.2, 0) is 6.42 Å². The molecular formula is C36H27N4+. The molecule has 0 N–H and O–H groups in total. The van der Waals surface area contributed by atoms with E-state index in [1.165, 1.54) is 38.1 Å². The molecule has 4 nitrogen and oxygen atoms in total. The lowest BCUT2D eigenvalue weighted by atomic mass is 10.1. The van der Waals surface area contributed by atoms with Crippen molar-refractivity contribution in [2.24, 2.45) is 0 Å². The molecule has 190 valence electrons. The van der Waals surface area contributed by atoms with E-state index in [1.807, 2.05) is 0 Å². The molecule has 0 spiro atoms. The summed E-state index contributed by atoms with van der Waals surface area (Å²) in [5.41, 5.74) is 8.93. The summed E-state index contributed by atoms with van der Waals surface area (Å²) in [6, 6.07) is 39.0. The first-order valence-electron chi connectivity index (χ1n) is 13.9. The topological polar surface area (TPSA) is 35.1 Å². The maximum absolute atomic E-state index is 4.69. The van der Waals surface area contributed by atoms with Crippen LogP contribution in [-0.4, -0.2) is 19.2 Å². The summed E-state index contributed by atoms with van der Waals surface area (Å²) in [4.78, 5) is 0. The van der Waals surface area contributed by atoms with Crippen molar-refractivity contribution in [3.63, 3.8) is 0 Å². The number of nitrogens with zero attached hydrogens (tertiary/aromatic N) is 4. The Kier molecular flexibility index (Phi) is 4.98. The highest BCUT2D eigenvalue weighted by atomic mass is 15.2. The molecule has 5 aromatic carbocycles. The first kappa shape index (κ1) is 22.9. The molecule has 0 aliphatic carbocycles. The van der Waals surface area contributed by atoms with Crippen LogP contribution in [0.4, 0.5) is 0 Å². The standard InChI is InChI=1S/C36H27N4/c1-3-8-24-14-20-34-31(22-24)30-21-23(2)13-19-33(30)39(34)26-17-15-25(16-18-26)35-37-38-36-29-11-5-4-9-27(29)28-10-6-7-12-32(28)40(35)36/h4-7,9-22H,2-3,8H2,1H3/q+1. The first-order valence-corrected chi connectivity index (χ1v) is 13.9. The summed E-state index contributed by atoms with van der Waals surface area (Å²) in [5.74, 6) is 0.844. The van der Waals surface area contributed by atoms with Gasteiger partial charge < -0.3 is 4.57 Å². The third-order valence-electron chi connectivity index (χ3n) is 8.08. The van der Waals surface area contributed by atoms with E-state index in [-0.39, 0.29) is 0 Å². The van der Waals surface area contributed by atoms with Crippen LogP contribution in [0.5, 0.6) is 0 Å². The average molecular weight is 516 g/mol. The third-order valence-corrected chi connectivity index (χ3v) is 8.08. The zero-order valence-corrected chi connectivity index (χ0v) is 22.3. The number of hydrogen-bond donors (Lipinski definition) is 0. The van der Waals surface area contributed by atoms with Gasteiger partial charge in [0.2, 0.25) is 0 Å². The molecule has 0 saturated carbocycles. The summed E-state index contributed by atoms with van der Waals surface area (Å²) in [6.45, 7) is 6.43. The number of rotatable bonds is 4. The highest BCUT2D eigenvalue weighted by molar-refractivity contribution is 6.12. The monoisotopic (exact) mass is 515 g/mol. The van der Waals surface area contributed by atoms with Gasteiger partial charge in [0, 0.05) is 46.5 Å². The molecule has 0 atom stereocenters. The second-order valence-electron chi connectivity index (χ2n) is 10.6. The van der Waals surface area contributed by atoms with E-state index in [2.05, 4.69) is 137 Å². The zero-order chi connectivity index (χ0) is 26.8. The molecule has 0 fully saturated rings. The van der Waals surface area contributed by atoms with E-state index in [0.717, 1.165) is 52.0 Å². The van der Waals surface area contributed by atoms with Gasteiger partial charge in [-0.2, -0.15) is 0 Å². The average Bonchev–Trinajstić information content (AvgIpc) is 3.58. The van der Waals surface area contributed by atoms with Gasteiger partial charge in [-0.05, 0) is 59.8 Å². The SMILES string of the molecule is [CH2+]c1ccc2c(c1)c1cc(CCC)ccc1n2-c1ccc(-c2nnc3c4ccccc4c4ccccc4n23)cc1. The molecule has 3 heterocycles. The summed E-state index contributed by atoms with van der Waals surface area (Å²) in [6.07, 6.45) is 2.21. The molecule has 0 saturated heterocycles. The Morgan fingerprint density at radius 3 is 2.12 bits per heavy atom. The molecule has 4 heteroatoms. The van der Waals surface area contributed by atoms with Crippen molar-refractivity contribution in [2.75, 3.05) is 0 Å². The molecule has 0 aliphatic heterocycles. The molecule has 40 heavy (non-hydrogen) atoms. The van der Waals surface area contributed by atoms with E-state index in [9.17, 15) is 0 Å². The van der Waals surface area contributed by atoms with Crippen LogP contribution in [0, 0.1) is 6.92 Å². The van der Waals surface area contributed by atoms with Crippen molar-refractivity contribution in [1.82, 2.24) is 19.2 Å². The van der Waals surface area contributed by atoms with Crippen molar-refractivity contribution in [3.8, 4) is 17.1 Å². The van der Waals surface area contributed by atoms with Gasteiger partial charge >= 0.3 is 0 Å². The van der Waals surface area contributed by atoms with E-state index in [0.29, 0.717) is 0 Å². The van der Waals surface area contributed by atoms with E-state index < -0.39 is 0 Å². The fourth-order valence-corrected chi connectivity index (χ4v) is 6.28. The maximum Gasteiger partial charge on any atom is 0.169 e. The normalized spacial score (nSPS) is 11.9. The smallest absolute Gasteiger partial charge is 0.169 e. The highest BCUT2D eigenvalue weighted by Gasteiger charge is 2.18. The van der Waals surface area contributed by atoms with Crippen molar-refractivity contribution in [1.29, 1.82) is 0 Å². The fourth-order valence-electron chi connectivity index (χ4n) is 6.28. The van der Waals surface area contributed by atoms with Crippen molar-refractivity contribution in [2.45, 2.75) is 19.8 Å². The number of aromatic nitrogens is 4. The van der Waals surface area contributed by atoms with Crippen LogP contribution in [0.3, 0.4) is 0 Å². The van der Waals surface area contributed by atoms with Crippen molar-refractivity contribution < 1.29 is 0 Å². The predicted octanol–water partition coefficient (Wildman–Crippen LogP) is 8.93. The maximum atomic E-state index is 4.69. The quantitative estimate of drug-likeness (QED) is 0.173. The van der Waals surface area contributed by atoms with Crippen LogP contribution in [0.2, 0.25) is 0 Å². The Hall–Kier alpha value is -5.09. The van der Waals surface area contributed by atoms with Gasteiger partial charge in [0.05, 0.1) is 28.0 Å². The molecule has 0 bridgehead atoms. The molecule has 8 aromatic rings. The third kappa shape index (κ3) is 3.29. The van der Waals surface area contributed by atoms with Gasteiger partial charge in [0.25, 0.3) is 0 Å². The molecule has 8 rings (SSSR count). The summed E-state index contributed by atoms with van der Waals surface area (Å²) >= 11 is 0. The Balaban J connectivity index is 1.32. The summed E-state index contributed by atoms with van der Waals surface area (Å²) < 4.78 is 4.55. The van der Waals surface area contributed by atoms with Gasteiger partial charge in [0.1, 0.15) is 5.56 Å². The fraction of sp³-hybridized carbons (Fsp3) is 0.0833. The molecule has 3 aromatic heterocycles. The van der Waals surface area contributed by atoms with Gasteiger partial charge in [-0.25, -0.2) is 0 Å². The first-order chi connectivity index (χ1) is 19.7. The summed E-state index contributed by atoms with van der Waals surface area (Å²) in [5, 5.41) is 15.4. The Bertz CT molecular complexity index is 2230. The minimum Gasteiger partial charge on any atom is -0.307 e. The van der Waals surface area contributed by atoms with Crippen LogP contribution < -0.4 is 0 Å².